The van der Waals surface area contributed by atoms with E-state index in [2.05, 4.69) is 30.1 Å². The molecule has 3 heterocycles. The highest BCUT2D eigenvalue weighted by Gasteiger charge is 2.32. The zero-order valence-electron chi connectivity index (χ0n) is 20.5. The smallest absolute Gasteiger partial charge is 0.404 e. The third-order valence-electron chi connectivity index (χ3n) is 5.91. The summed E-state index contributed by atoms with van der Waals surface area (Å²) in [5.74, 6) is -1.17. The monoisotopic (exact) mass is 529 g/mol. The first kappa shape index (κ1) is 26.9. The fraction of sp³-hybridized carbons (Fsp3) is 0.320. The highest BCUT2D eigenvalue weighted by Crippen LogP contribution is 2.31. The number of anilines is 2. The maximum atomic E-state index is 12.9. The van der Waals surface area contributed by atoms with E-state index in [0.29, 0.717) is 35.9 Å². The molecule has 1 aliphatic heterocycles. The van der Waals surface area contributed by atoms with Crippen LogP contribution in [0, 0.1) is 0 Å². The van der Waals surface area contributed by atoms with Crippen molar-refractivity contribution in [2.24, 2.45) is 0 Å². The molecule has 3 N–H and O–H groups in total. The number of pyridine rings is 1. The number of alkyl halides is 3. The summed E-state index contributed by atoms with van der Waals surface area (Å²) in [4.78, 5) is 33.5. The van der Waals surface area contributed by atoms with Crippen LogP contribution in [0.2, 0.25) is 0 Å². The number of halogens is 3. The van der Waals surface area contributed by atoms with Crippen LogP contribution in [0.15, 0.2) is 48.7 Å². The lowest BCUT2D eigenvalue weighted by atomic mass is 10.0. The fourth-order valence-electron chi connectivity index (χ4n) is 3.85. The molecule has 1 saturated heterocycles. The number of carbonyl (C=O) groups is 2. The molecule has 4 rings (SSSR count). The van der Waals surface area contributed by atoms with Gasteiger partial charge in [0.1, 0.15) is 5.82 Å². The van der Waals surface area contributed by atoms with E-state index in [-0.39, 0.29) is 24.2 Å². The molecule has 1 aromatic carbocycles. The first-order valence-electron chi connectivity index (χ1n) is 11.7. The largest absolute Gasteiger partial charge is 0.573 e. The molecule has 0 saturated carbocycles. The Morgan fingerprint density at radius 3 is 2.45 bits per heavy atom. The number of ketones is 1. The minimum atomic E-state index is -4.97. The zero-order chi connectivity index (χ0) is 27.3. The van der Waals surface area contributed by atoms with Crippen molar-refractivity contribution in [3.05, 3.63) is 59.9 Å². The van der Waals surface area contributed by atoms with Crippen molar-refractivity contribution in [1.82, 2.24) is 25.0 Å². The molecule has 38 heavy (non-hydrogen) atoms. The summed E-state index contributed by atoms with van der Waals surface area (Å²) in [7, 11) is 1.97. The van der Waals surface area contributed by atoms with Gasteiger partial charge in [-0.2, -0.15) is 10.2 Å². The molecule has 200 valence electrons. The van der Waals surface area contributed by atoms with Gasteiger partial charge in [0, 0.05) is 43.5 Å². The second kappa shape index (κ2) is 11.5. The summed E-state index contributed by atoms with van der Waals surface area (Å²) in [5, 5.41) is 10.6. The number of benzene rings is 1. The summed E-state index contributed by atoms with van der Waals surface area (Å²) >= 11 is 0. The zero-order valence-corrected chi connectivity index (χ0v) is 20.5. The van der Waals surface area contributed by atoms with Crippen molar-refractivity contribution in [2.75, 3.05) is 50.8 Å². The maximum Gasteiger partial charge on any atom is 0.573 e. The number of nitrogen functional groups attached to an aromatic ring is 1. The van der Waals surface area contributed by atoms with E-state index in [1.165, 1.54) is 12.1 Å². The average Bonchev–Trinajstić information content (AvgIpc) is 2.86. The van der Waals surface area contributed by atoms with Gasteiger partial charge in [-0.15, -0.1) is 13.2 Å². The minimum absolute atomic E-state index is 0.00291. The number of aromatic nitrogens is 3. The molecule has 0 spiro atoms. The van der Waals surface area contributed by atoms with Gasteiger partial charge in [-0.05, 0) is 49.5 Å². The van der Waals surface area contributed by atoms with Crippen LogP contribution in [0.4, 0.5) is 24.7 Å². The maximum absolute atomic E-state index is 12.9. The van der Waals surface area contributed by atoms with Crippen molar-refractivity contribution in [3.63, 3.8) is 0 Å². The topological polar surface area (TPSA) is 127 Å². The number of nitrogens with one attached hydrogen (secondary N) is 1. The second-order valence-corrected chi connectivity index (χ2v) is 8.87. The van der Waals surface area contributed by atoms with E-state index < -0.39 is 23.8 Å². The lowest BCUT2D eigenvalue weighted by Crippen LogP contribution is -2.47. The quantitative estimate of drug-likeness (QED) is 0.424. The molecule has 1 fully saturated rings. The van der Waals surface area contributed by atoms with Gasteiger partial charge in [0.15, 0.2) is 11.5 Å². The van der Waals surface area contributed by atoms with Gasteiger partial charge in [0.05, 0.1) is 30.0 Å². The number of amides is 1. The summed E-state index contributed by atoms with van der Waals surface area (Å²) in [6, 6.07) is 10.1. The molecule has 0 aliphatic carbocycles. The Morgan fingerprint density at radius 2 is 1.82 bits per heavy atom. The first-order chi connectivity index (χ1) is 18.1. The number of likely N-dealkylation sites (N-methyl/N-ethyl adjacent to an activating group) is 1. The summed E-state index contributed by atoms with van der Waals surface area (Å²) in [6.07, 6.45) is -3.57. The Balaban J connectivity index is 1.47. The Labute approximate surface area is 216 Å². The molecule has 0 unspecified atom stereocenters. The minimum Gasteiger partial charge on any atom is -0.404 e. The summed E-state index contributed by atoms with van der Waals surface area (Å²) in [5.41, 5.74) is 7.02. The van der Waals surface area contributed by atoms with Crippen LogP contribution in [0.1, 0.15) is 16.1 Å². The normalized spacial score (nSPS) is 14.7. The van der Waals surface area contributed by atoms with Gasteiger partial charge in [-0.1, -0.05) is 0 Å². The number of piperazine rings is 1. The number of Topliss-reactive ketones (excluding diaryl/α,β-unsaturated/α-hetero) is 1. The van der Waals surface area contributed by atoms with Crippen molar-refractivity contribution < 1.29 is 27.5 Å². The number of ether oxygens (including phenoxy) is 1. The van der Waals surface area contributed by atoms with E-state index in [1.54, 1.807) is 30.5 Å². The second-order valence-electron chi connectivity index (χ2n) is 8.87. The third kappa shape index (κ3) is 7.46. The number of nitrogens with zero attached hydrogens (tertiary/aromatic N) is 5. The highest BCUT2D eigenvalue weighted by molar-refractivity contribution is 6.00. The van der Waals surface area contributed by atoms with Crippen LogP contribution in [0.5, 0.6) is 5.75 Å². The van der Waals surface area contributed by atoms with E-state index in [9.17, 15) is 22.8 Å². The summed E-state index contributed by atoms with van der Waals surface area (Å²) < 4.78 is 42.9. The third-order valence-corrected chi connectivity index (χ3v) is 5.91. The van der Waals surface area contributed by atoms with E-state index in [1.807, 2.05) is 11.9 Å². The molecular formula is C25H26F3N7O3. The van der Waals surface area contributed by atoms with Crippen molar-refractivity contribution in [1.29, 1.82) is 0 Å². The number of carbonyl (C=O) groups excluding carboxylic acids is 2. The standard InChI is InChI=1S/C25H26F3N7O3/c1-34-8-10-35(11-9-34)15-24(37)31-20-12-16(2-6-22(20)38-25(26,27)28)21(36)13-18-4-5-19(33-32-18)17-3-7-23(29)30-14-17/h2-7,12,14H,8-11,13,15H2,1H3,(H2,29,30)(H,31,37). The number of hydrogen-bond donors (Lipinski definition) is 2. The predicted molar refractivity (Wildman–Crippen MR) is 133 cm³/mol. The predicted octanol–water partition coefficient (Wildman–Crippen LogP) is 2.63. The number of hydrogen-bond acceptors (Lipinski definition) is 9. The van der Waals surface area contributed by atoms with Crippen molar-refractivity contribution in [3.8, 4) is 17.0 Å². The van der Waals surface area contributed by atoms with Gasteiger partial charge in [0.2, 0.25) is 5.91 Å². The Bertz CT molecular complexity index is 1280. The molecule has 1 amide bonds. The Kier molecular flexibility index (Phi) is 8.17. The van der Waals surface area contributed by atoms with Crippen molar-refractivity contribution in [2.45, 2.75) is 12.8 Å². The van der Waals surface area contributed by atoms with Crippen LogP contribution >= 0.6 is 0 Å². The summed E-state index contributed by atoms with van der Waals surface area (Å²) in [6.45, 7) is 2.87. The Morgan fingerprint density at radius 1 is 1.05 bits per heavy atom. The van der Waals surface area contributed by atoms with Crippen molar-refractivity contribution >= 4 is 23.2 Å². The van der Waals surface area contributed by atoms with Crippen LogP contribution in [0.3, 0.4) is 0 Å². The van der Waals surface area contributed by atoms with E-state index in [0.717, 1.165) is 19.2 Å². The fourth-order valence-corrected chi connectivity index (χ4v) is 3.85. The lowest BCUT2D eigenvalue weighted by Gasteiger charge is -2.31. The molecule has 0 atom stereocenters. The molecule has 13 heteroatoms. The average molecular weight is 530 g/mol. The first-order valence-corrected chi connectivity index (χ1v) is 11.7. The van der Waals surface area contributed by atoms with Crippen LogP contribution in [-0.4, -0.2) is 82.8 Å². The van der Waals surface area contributed by atoms with Gasteiger partial charge < -0.3 is 20.7 Å². The molecule has 1 aliphatic rings. The van der Waals surface area contributed by atoms with Gasteiger partial charge in [0.25, 0.3) is 0 Å². The van der Waals surface area contributed by atoms with Gasteiger partial charge >= 0.3 is 6.36 Å². The van der Waals surface area contributed by atoms with Crippen LogP contribution in [0.25, 0.3) is 11.3 Å². The SMILES string of the molecule is CN1CCN(CC(=O)Nc2cc(C(=O)Cc3ccc(-c4ccc(N)nc4)nn3)ccc2OC(F)(F)F)CC1. The van der Waals surface area contributed by atoms with Crippen LogP contribution < -0.4 is 15.8 Å². The molecule has 0 radical (unpaired) electrons. The van der Waals surface area contributed by atoms with Gasteiger partial charge in [-0.25, -0.2) is 4.98 Å². The number of rotatable bonds is 8. The van der Waals surface area contributed by atoms with Crippen LogP contribution in [-0.2, 0) is 11.2 Å². The highest BCUT2D eigenvalue weighted by atomic mass is 19.4. The van der Waals surface area contributed by atoms with E-state index in [4.69, 9.17) is 5.73 Å². The molecule has 3 aromatic rings. The van der Waals surface area contributed by atoms with E-state index >= 15 is 0 Å². The molecule has 0 bridgehead atoms. The lowest BCUT2D eigenvalue weighted by molar-refractivity contribution is -0.274. The molecular weight excluding hydrogens is 503 g/mol. The van der Waals surface area contributed by atoms with Gasteiger partial charge in [-0.3, -0.25) is 14.5 Å². The number of nitrogens with two attached hydrogens (primary N) is 1. The Hall–Kier alpha value is -4.10. The molecule has 2 aromatic heterocycles. The molecule has 10 nitrogen and oxygen atoms in total.